The third-order valence-electron chi connectivity index (χ3n) is 6.05. The topological polar surface area (TPSA) is 72.9 Å². The van der Waals surface area contributed by atoms with E-state index in [0.717, 1.165) is 45.8 Å². The summed E-state index contributed by atoms with van der Waals surface area (Å²) in [6.45, 7) is 7.75. The molecule has 0 saturated carbocycles. The van der Waals surface area contributed by atoms with Crippen LogP contribution in [-0.2, 0) is 19.1 Å². The molecule has 0 radical (unpaired) electrons. The summed E-state index contributed by atoms with van der Waals surface area (Å²) in [6, 6.07) is 13.3. The Morgan fingerprint density at radius 2 is 1.39 bits per heavy atom. The van der Waals surface area contributed by atoms with Gasteiger partial charge < -0.3 is 9.47 Å². The van der Waals surface area contributed by atoms with E-state index in [0.29, 0.717) is 20.4 Å². The fraction of sp³-hybridized carbons (Fsp3) is 0.259. The number of ether oxygens (including phenoxy) is 2. The highest BCUT2D eigenvalue weighted by Gasteiger charge is 2.46. The van der Waals surface area contributed by atoms with Crippen molar-refractivity contribution in [3.63, 3.8) is 0 Å². The van der Waals surface area contributed by atoms with Gasteiger partial charge in [0.05, 0.1) is 34.5 Å². The van der Waals surface area contributed by atoms with Gasteiger partial charge in [-0.05, 0) is 52.0 Å². The fourth-order valence-corrected chi connectivity index (χ4v) is 7.16. The molecule has 0 spiro atoms. The first-order valence-corrected chi connectivity index (χ1v) is 13.1. The van der Waals surface area contributed by atoms with Crippen LogP contribution in [0.4, 0.5) is 5.69 Å². The number of carbonyl (C=O) groups excluding carboxylic acids is 3. The van der Waals surface area contributed by atoms with E-state index < -0.39 is 17.5 Å². The van der Waals surface area contributed by atoms with Gasteiger partial charge in [-0.2, -0.15) is 0 Å². The Hall–Kier alpha value is -2.88. The molecule has 2 heterocycles. The van der Waals surface area contributed by atoms with Gasteiger partial charge in [-0.1, -0.05) is 65.1 Å². The predicted molar refractivity (Wildman–Crippen MR) is 149 cm³/mol. The molecule has 0 aromatic heterocycles. The summed E-state index contributed by atoms with van der Waals surface area (Å²) >= 11 is 8.30. The molecule has 36 heavy (non-hydrogen) atoms. The van der Waals surface area contributed by atoms with E-state index in [9.17, 15) is 14.4 Å². The number of fused-ring (bicyclic) bond motifs is 1. The van der Waals surface area contributed by atoms with Crippen LogP contribution < -0.4 is 4.90 Å². The summed E-state index contributed by atoms with van der Waals surface area (Å²) in [5.41, 5.74) is 3.93. The first-order chi connectivity index (χ1) is 17.0. The molecule has 4 rings (SSSR count). The predicted octanol–water partition coefficient (Wildman–Crippen LogP) is 5.82. The van der Waals surface area contributed by atoms with Crippen molar-refractivity contribution >= 4 is 69.7 Å². The van der Waals surface area contributed by atoms with Crippen LogP contribution in [0.5, 0.6) is 0 Å². The van der Waals surface area contributed by atoms with Crippen LogP contribution in [0, 0.1) is 13.8 Å². The minimum Gasteiger partial charge on any atom is -0.465 e. The van der Waals surface area contributed by atoms with E-state index in [-0.39, 0.29) is 15.7 Å². The molecule has 1 amide bonds. The number of rotatable bonds is 3. The van der Waals surface area contributed by atoms with E-state index in [1.54, 1.807) is 4.90 Å². The number of benzene rings is 2. The van der Waals surface area contributed by atoms with E-state index >= 15 is 0 Å². The minimum absolute atomic E-state index is 0.157. The summed E-state index contributed by atoms with van der Waals surface area (Å²) < 4.78 is 10.5. The molecule has 0 atom stereocenters. The van der Waals surface area contributed by atoms with Crippen molar-refractivity contribution in [3.8, 4) is 0 Å². The lowest BCUT2D eigenvalue weighted by molar-refractivity contribution is -0.138. The Morgan fingerprint density at radius 1 is 0.861 bits per heavy atom. The third-order valence-corrected chi connectivity index (χ3v) is 9.31. The smallest absolute Gasteiger partial charge is 0.346 e. The van der Waals surface area contributed by atoms with Gasteiger partial charge >= 0.3 is 11.9 Å². The van der Waals surface area contributed by atoms with E-state index in [4.69, 9.17) is 21.7 Å². The Labute approximate surface area is 224 Å². The first-order valence-electron chi connectivity index (χ1n) is 11.1. The Bertz CT molecular complexity index is 1340. The molecule has 186 valence electrons. The second-order valence-electron chi connectivity index (χ2n) is 8.92. The number of carbonyl (C=O) groups is 3. The minimum atomic E-state index is -0.873. The average Bonchev–Trinajstić information content (AvgIpc) is 3.29. The molecule has 2 aromatic carbocycles. The van der Waals surface area contributed by atoms with E-state index in [2.05, 4.69) is 0 Å². The van der Waals surface area contributed by atoms with Gasteiger partial charge in [-0.15, -0.1) is 0 Å². The average molecular weight is 540 g/mol. The number of thioether (sulfide) groups is 2. The zero-order chi connectivity index (χ0) is 26.4. The number of amides is 1. The molecule has 0 bridgehead atoms. The second-order valence-corrected chi connectivity index (χ2v) is 11.6. The van der Waals surface area contributed by atoms with Crippen molar-refractivity contribution in [2.24, 2.45) is 0 Å². The maximum absolute atomic E-state index is 13.8. The molecule has 0 N–H and O–H groups in total. The highest BCUT2D eigenvalue weighted by Crippen LogP contribution is 2.56. The normalized spacial score (nSPS) is 16.7. The number of hydrogen-bond acceptors (Lipinski definition) is 8. The van der Waals surface area contributed by atoms with Crippen LogP contribution in [0.2, 0.25) is 0 Å². The molecule has 2 aromatic rings. The molecular weight excluding hydrogens is 515 g/mol. The van der Waals surface area contributed by atoms with Crippen molar-refractivity contribution in [2.45, 2.75) is 33.2 Å². The number of anilines is 1. The summed E-state index contributed by atoms with van der Waals surface area (Å²) in [5.74, 6) is -1.40. The monoisotopic (exact) mass is 539 g/mol. The largest absolute Gasteiger partial charge is 0.465 e. The van der Waals surface area contributed by atoms with Gasteiger partial charge in [0, 0.05) is 16.7 Å². The van der Waals surface area contributed by atoms with Gasteiger partial charge in [0.25, 0.3) is 5.91 Å². The van der Waals surface area contributed by atoms with Crippen LogP contribution >= 0.6 is 35.7 Å². The van der Waals surface area contributed by atoms with Crippen molar-refractivity contribution < 1.29 is 23.9 Å². The van der Waals surface area contributed by atoms with Crippen LogP contribution in [-0.4, -0.2) is 42.5 Å². The lowest BCUT2D eigenvalue weighted by Gasteiger charge is -2.45. The Morgan fingerprint density at radius 3 is 1.92 bits per heavy atom. The highest BCUT2D eigenvalue weighted by molar-refractivity contribution is 8.29. The molecular formula is C27H25NO5S3. The van der Waals surface area contributed by atoms with Crippen molar-refractivity contribution in [1.29, 1.82) is 0 Å². The lowest BCUT2D eigenvalue weighted by atomic mass is 9.82. The quantitative estimate of drug-likeness (QED) is 0.275. The molecule has 0 aliphatic carbocycles. The van der Waals surface area contributed by atoms with E-state index in [1.165, 1.54) is 14.2 Å². The molecule has 0 unspecified atom stereocenters. The SMILES string of the molecule is COC(=O)C1=C(C(=O)OC)SC(=C2C(=S)C(C)(C)N(C(=O)c3ccc(C)cc3)c3ccc(C)cc32)S1. The maximum Gasteiger partial charge on any atom is 0.346 e. The first kappa shape index (κ1) is 26.2. The molecule has 0 saturated heterocycles. The standard InChI is InChI=1S/C27H25NO5S3/c1-14-7-10-16(11-8-14)23(29)28-18-12-9-15(2)13-17(18)19(22(34)27(28,3)4)26-35-20(24(30)32-5)21(36-26)25(31)33-6/h7-13H,1-6H3. The van der Waals surface area contributed by atoms with Gasteiger partial charge in [-0.25, -0.2) is 9.59 Å². The van der Waals surface area contributed by atoms with Crippen LogP contribution in [0.1, 0.15) is 40.9 Å². The van der Waals surface area contributed by atoms with Gasteiger partial charge in [0.15, 0.2) is 0 Å². The number of aryl methyl sites for hydroxylation is 2. The lowest BCUT2D eigenvalue weighted by Crippen LogP contribution is -2.56. The molecule has 0 fully saturated rings. The maximum atomic E-state index is 13.8. The van der Waals surface area contributed by atoms with Crippen molar-refractivity contribution in [3.05, 3.63) is 78.8 Å². The summed E-state index contributed by atoms with van der Waals surface area (Å²) in [4.78, 5) is 41.3. The van der Waals surface area contributed by atoms with Crippen LogP contribution in [0.15, 0.2) is 56.5 Å². The number of esters is 2. The van der Waals surface area contributed by atoms with Gasteiger partial charge in [0.2, 0.25) is 0 Å². The zero-order valence-electron chi connectivity index (χ0n) is 20.8. The van der Waals surface area contributed by atoms with Crippen LogP contribution in [0.3, 0.4) is 0 Å². The molecule has 2 aliphatic heterocycles. The molecule has 9 heteroatoms. The highest BCUT2D eigenvalue weighted by atomic mass is 32.2. The van der Waals surface area contributed by atoms with E-state index in [1.807, 2.05) is 70.2 Å². The molecule has 6 nitrogen and oxygen atoms in total. The Kier molecular flexibility index (Phi) is 7.19. The second kappa shape index (κ2) is 9.88. The summed E-state index contributed by atoms with van der Waals surface area (Å²) in [6.07, 6.45) is 0. The summed E-state index contributed by atoms with van der Waals surface area (Å²) in [7, 11) is 2.53. The summed E-state index contributed by atoms with van der Waals surface area (Å²) in [5, 5.41) is 0. The van der Waals surface area contributed by atoms with Crippen molar-refractivity contribution in [1.82, 2.24) is 0 Å². The Balaban J connectivity index is 1.91. The van der Waals surface area contributed by atoms with Crippen LogP contribution in [0.25, 0.3) is 5.57 Å². The zero-order valence-corrected chi connectivity index (χ0v) is 23.2. The molecule has 2 aliphatic rings. The number of nitrogens with zero attached hydrogens (tertiary/aromatic N) is 1. The van der Waals surface area contributed by atoms with Gasteiger partial charge in [0.1, 0.15) is 9.81 Å². The van der Waals surface area contributed by atoms with Crippen molar-refractivity contribution in [2.75, 3.05) is 19.1 Å². The number of thiocarbonyl (C=S) groups is 1. The third kappa shape index (κ3) is 4.40. The van der Waals surface area contributed by atoms with Gasteiger partial charge in [-0.3, -0.25) is 9.69 Å². The number of methoxy groups -OCH3 is 2. The fourth-order valence-electron chi connectivity index (χ4n) is 4.12. The number of hydrogen-bond donors (Lipinski definition) is 0.